The van der Waals surface area contributed by atoms with Gasteiger partial charge in [0.1, 0.15) is 11.5 Å². The van der Waals surface area contributed by atoms with Crippen LogP contribution in [0.4, 0.5) is 10.5 Å². The summed E-state index contributed by atoms with van der Waals surface area (Å²) < 4.78 is 10.3. The average molecular weight is 349 g/mol. The van der Waals surface area contributed by atoms with Gasteiger partial charge in [0.25, 0.3) is 0 Å². The number of amides is 2. The molecule has 2 aromatic carbocycles. The molecule has 0 aliphatic rings. The molecule has 5 nitrogen and oxygen atoms in total. The Morgan fingerprint density at radius 3 is 2.62 bits per heavy atom. The van der Waals surface area contributed by atoms with Crippen molar-refractivity contribution in [3.05, 3.63) is 53.1 Å². The van der Waals surface area contributed by atoms with Crippen LogP contribution >= 0.6 is 11.6 Å². The smallest absolute Gasteiger partial charge is 0.319 e. The highest BCUT2D eigenvalue weighted by molar-refractivity contribution is 6.32. The quantitative estimate of drug-likeness (QED) is 0.825. The van der Waals surface area contributed by atoms with Crippen LogP contribution in [0, 0.1) is 0 Å². The van der Waals surface area contributed by atoms with Crippen molar-refractivity contribution < 1.29 is 14.3 Å². The first kappa shape index (κ1) is 17.9. The fourth-order valence-electron chi connectivity index (χ4n) is 2.34. The second kappa shape index (κ2) is 8.45. The van der Waals surface area contributed by atoms with Gasteiger partial charge in [0.15, 0.2) is 0 Å². The number of rotatable bonds is 6. The highest BCUT2D eigenvalue weighted by Crippen LogP contribution is 2.27. The van der Waals surface area contributed by atoms with Crippen LogP contribution in [-0.2, 0) is 6.42 Å². The molecular formula is C18H21ClN2O3. The predicted molar refractivity (Wildman–Crippen MR) is 96.3 cm³/mol. The van der Waals surface area contributed by atoms with E-state index in [-0.39, 0.29) is 12.1 Å². The van der Waals surface area contributed by atoms with E-state index in [2.05, 4.69) is 10.6 Å². The first-order valence-electron chi connectivity index (χ1n) is 7.56. The summed E-state index contributed by atoms with van der Waals surface area (Å²) >= 11 is 6.05. The lowest BCUT2D eigenvalue weighted by molar-refractivity contribution is 0.249. The van der Waals surface area contributed by atoms with Gasteiger partial charge in [-0.1, -0.05) is 23.7 Å². The van der Waals surface area contributed by atoms with Crippen molar-refractivity contribution >= 4 is 23.3 Å². The number of hydrogen-bond acceptors (Lipinski definition) is 3. The lowest BCUT2D eigenvalue weighted by Crippen LogP contribution is -2.37. The van der Waals surface area contributed by atoms with Crippen molar-refractivity contribution in [2.24, 2.45) is 0 Å². The molecule has 6 heteroatoms. The summed E-state index contributed by atoms with van der Waals surface area (Å²) in [5.74, 6) is 1.37. The van der Waals surface area contributed by atoms with Gasteiger partial charge in [-0.25, -0.2) is 4.79 Å². The second-order valence-corrected chi connectivity index (χ2v) is 5.81. The van der Waals surface area contributed by atoms with Crippen LogP contribution in [0.3, 0.4) is 0 Å². The largest absolute Gasteiger partial charge is 0.497 e. The molecule has 1 unspecified atom stereocenters. The number of urea groups is 1. The number of anilines is 1. The zero-order valence-corrected chi connectivity index (χ0v) is 14.7. The Labute approximate surface area is 146 Å². The fourth-order valence-corrected chi connectivity index (χ4v) is 2.60. The molecule has 0 saturated heterocycles. The van der Waals surface area contributed by atoms with Gasteiger partial charge in [-0.05, 0) is 49.2 Å². The van der Waals surface area contributed by atoms with Crippen LogP contribution in [0.25, 0.3) is 0 Å². The molecule has 0 bridgehead atoms. The fraction of sp³-hybridized carbons (Fsp3) is 0.278. The van der Waals surface area contributed by atoms with Crippen molar-refractivity contribution in [2.45, 2.75) is 19.4 Å². The Hall–Kier alpha value is -2.40. The zero-order valence-electron chi connectivity index (χ0n) is 13.9. The van der Waals surface area contributed by atoms with Crippen LogP contribution < -0.4 is 20.1 Å². The Balaban J connectivity index is 1.90. The van der Waals surface area contributed by atoms with Crippen LogP contribution in [0.5, 0.6) is 11.5 Å². The van der Waals surface area contributed by atoms with Crippen LogP contribution in [0.1, 0.15) is 12.5 Å². The molecular weight excluding hydrogens is 328 g/mol. The zero-order chi connectivity index (χ0) is 17.5. The summed E-state index contributed by atoms with van der Waals surface area (Å²) in [5.41, 5.74) is 1.70. The third-order valence-electron chi connectivity index (χ3n) is 3.46. The highest BCUT2D eigenvalue weighted by Gasteiger charge is 2.10. The molecule has 24 heavy (non-hydrogen) atoms. The Morgan fingerprint density at radius 2 is 1.96 bits per heavy atom. The highest BCUT2D eigenvalue weighted by atomic mass is 35.5. The third kappa shape index (κ3) is 5.06. The van der Waals surface area contributed by atoms with Gasteiger partial charge in [0.2, 0.25) is 0 Å². The minimum Gasteiger partial charge on any atom is -0.497 e. The van der Waals surface area contributed by atoms with Crippen molar-refractivity contribution in [2.75, 3.05) is 19.5 Å². The molecule has 0 aliphatic carbocycles. The molecule has 1 atom stereocenters. The molecule has 0 spiro atoms. The second-order valence-electron chi connectivity index (χ2n) is 5.40. The number of carbonyl (C=O) groups is 1. The van der Waals surface area contributed by atoms with Gasteiger partial charge in [-0.15, -0.1) is 0 Å². The first-order valence-corrected chi connectivity index (χ1v) is 7.93. The van der Waals surface area contributed by atoms with Gasteiger partial charge in [0.05, 0.1) is 19.2 Å². The van der Waals surface area contributed by atoms with Gasteiger partial charge < -0.3 is 20.1 Å². The molecule has 2 amide bonds. The standard InChI is InChI=1S/C18H21ClN2O3/c1-12(9-13-5-4-6-15(10-13)23-2)20-18(22)21-14-7-8-17(24-3)16(19)11-14/h4-8,10-12H,9H2,1-3H3,(H2,20,21,22). The van der Waals surface area contributed by atoms with Crippen molar-refractivity contribution in [3.63, 3.8) is 0 Å². The number of benzene rings is 2. The molecule has 0 radical (unpaired) electrons. The van der Waals surface area contributed by atoms with E-state index in [1.807, 2.05) is 31.2 Å². The average Bonchev–Trinajstić information content (AvgIpc) is 2.55. The molecule has 2 aromatic rings. The SMILES string of the molecule is COc1cccc(CC(C)NC(=O)Nc2ccc(OC)c(Cl)c2)c1. The molecule has 2 N–H and O–H groups in total. The van der Waals surface area contributed by atoms with Gasteiger partial charge in [-0.2, -0.15) is 0 Å². The Bertz CT molecular complexity index is 706. The monoisotopic (exact) mass is 348 g/mol. The maximum absolute atomic E-state index is 12.1. The number of halogens is 1. The maximum atomic E-state index is 12.1. The first-order chi connectivity index (χ1) is 11.5. The van der Waals surface area contributed by atoms with Crippen molar-refractivity contribution in [1.82, 2.24) is 5.32 Å². The number of hydrogen-bond donors (Lipinski definition) is 2. The van der Waals surface area contributed by atoms with E-state index in [4.69, 9.17) is 21.1 Å². The summed E-state index contributed by atoms with van der Waals surface area (Å²) in [6.07, 6.45) is 0.702. The Kier molecular flexibility index (Phi) is 6.32. The summed E-state index contributed by atoms with van der Waals surface area (Å²) in [7, 11) is 3.18. The minimum absolute atomic E-state index is 0.0363. The number of carbonyl (C=O) groups excluding carboxylic acids is 1. The van der Waals surface area contributed by atoms with E-state index in [1.54, 1.807) is 32.4 Å². The topological polar surface area (TPSA) is 59.6 Å². The maximum Gasteiger partial charge on any atom is 0.319 e. The number of nitrogens with one attached hydrogen (secondary N) is 2. The summed E-state index contributed by atoms with van der Waals surface area (Å²) in [6.45, 7) is 1.94. The summed E-state index contributed by atoms with van der Waals surface area (Å²) in [4.78, 5) is 12.1. The van der Waals surface area contributed by atoms with Crippen molar-refractivity contribution in [3.8, 4) is 11.5 Å². The molecule has 0 fully saturated rings. The lowest BCUT2D eigenvalue weighted by Gasteiger charge is -2.15. The summed E-state index contributed by atoms with van der Waals surface area (Å²) in [6, 6.07) is 12.5. The predicted octanol–water partition coefficient (Wildman–Crippen LogP) is 4.11. The molecule has 0 aliphatic heterocycles. The van der Waals surface area contributed by atoms with E-state index < -0.39 is 0 Å². The molecule has 2 rings (SSSR count). The minimum atomic E-state index is -0.286. The third-order valence-corrected chi connectivity index (χ3v) is 3.76. The lowest BCUT2D eigenvalue weighted by atomic mass is 10.1. The van der Waals surface area contributed by atoms with E-state index in [9.17, 15) is 4.79 Å². The number of methoxy groups -OCH3 is 2. The molecule has 0 heterocycles. The van der Waals surface area contributed by atoms with Crippen LogP contribution in [0.15, 0.2) is 42.5 Å². The van der Waals surface area contributed by atoms with E-state index in [0.717, 1.165) is 11.3 Å². The van der Waals surface area contributed by atoms with Gasteiger partial charge in [-0.3, -0.25) is 0 Å². The number of ether oxygens (including phenoxy) is 2. The van der Waals surface area contributed by atoms with E-state index >= 15 is 0 Å². The molecule has 128 valence electrons. The van der Waals surface area contributed by atoms with E-state index in [0.29, 0.717) is 22.9 Å². The summed E-state index contributed by atoms with van der Waals surface area (Å²) in [5, 5.41) is 6.10. The van der Waals surface area contributed by atoms with Crippen LogP contribution in [-0.4, -0.2) is 26.3 Å². The molecule has 0 aromatic heterocycles. The van der Waals surface area contributed by atoms with Gasteiger partial charge in [0, 0.05) is 11.7 Å². The van der Waals surface area contributed by atoms with Gasteiger partial charge >= 0.3 is 6.03 Å². The molecule has 0 saturated carbocycles. The Morgan fingerprint density at radius 1 is 1.17 bits per heavy atom. The van der Waals surface area contributed by atoms with E-state index in [1.165, 1.54) is 0 Å². The van der Waals surface area contributed by atoms with Crippen LogP contribution in [0.2, 0.25) is 5.02 Å². The van der Waals surface area contributed by atoms with Crippen molar-refractivity contribution in [1.29, 1.82) is 0 Å². The normalized spacial score (nSPS) is 11.5.